The van der Waals surface area contributed by atoms with E-state index >= 15 is 0 Å². The van der Waals surface area contributed by atoms with Crippen molar-refractivity contribution in [2.24, 2.45) is 5.73 Å². The second kappa shape index (κ2) is 17.3. The predicted molar refractivity (Wildman–Crippen MR) is 101 cm³/mol. The Morgan fingerprint density at radius 1 is 0.880 bits per heavy atom. The zero-order valence-corrected chi connectivity index (χ0v) is 16.7. The normalized spacial score (nSPS) is 15.8. The molecule has 0 amide bonds. The van der Waals surface area contributed by atoms with E-state index in [0.717, 1.165) is 19.3 Å². The van der Waals surface area contributed by atoms with E-state index in [1.54, 1.807) is 0 Å². The quantitative estimate of drug-likeness (QED) is 0.212. The van der Waals surface area contributed by atoms with Crippen molar-refractivity contribution in [1.29, 1.82) is 0 Å². The van der Waals surface area contributed by atoms with E-state index < -0.39 is 26.5 Å². The topological polar surface area (TPSA) is 113 Å². The Bertz CT molecular complexity index is 320. The summed E-state index contributed by atoms with van der Waals surface area (Å²) in [6.07, 6.45) is 13.4. The fourth-order valence-corrected chi connectivity index (χ4v) is 3.20. The van der Waals surface area contributed by atoms with Gasteiger partial charge in [-0.2, -0.15) is 0 Å². The molecule has 0 aliphatic carbocycles. The van der Waals surface area contributed by atoms with Gasteiger partial charge in [0, 0.05) is 4.57 Å². The van der Waals surface area contributed by atoms with E-state index in [4.69, 9.17) is 10.6 Å². The van der Waals surface area contributed by atoms with Crippen molar-refractivity contribution in [3.63, 3.8) is 0 Å². The summed E-state index contributed by atoms with van der Waals surface area (Å²) >= 11 is 0. The van der Waals surface area contributed by atoms with Gasteiger partial charge in [0.05, 0.1) is 18.2 Å². The maximum atomic E-state index is 10.4. The number of aliphatic hydroxyl groups excluding tert-OH is 2. The monoisotopic (exact) mass is 380 g/mol. The Kier molecular flexibility index (Phi) is 17.3. The van der Waals surface area contributed by atoms with Crippen molar-refractivity contribution in [3.05, 3.63) is 0 Å². The molecule has 0 bridgehead atoms. The zero-order valence-electron chi connectivity index (χ0n) is 15.8. The van der Waals surface area contributed by atoms with Crippen LogP contribution in [0.4, 0.5) is 0 Å². The molecule has 0 aromatic carbocycles. The summed E-state index contributed by atoms with van der Waals surface area (Å²) in [5.41, 5.74) is 5.63. The lowest BCUT2D eigenvalue weighted by atomic mass is 10.00. The Balaban J connectivity index is 3.44. The van der Waals surface area contributed by atoms with E-state index in [1.807, 2.05) is 0 Å². The van der Waals surface area contributed by atoms with Crippen LogP contribution in [0.2, 0.25) is 0 Å². The Morgan fingerprint density at radius 3 is 1.76 bits per heavy atom. The van der Waals surface area contributed by atoms with Crippen molar-refractivity contribution in [1.82, 2.24) is 0 Å². The highest BCUT2D eigenvalue weighted by Gasteiger charge is 2.26. The summed E-state index contributed by atoms with van der Waals surface area (Å²) in [4.78, 5) is 8.54. The minimum atomic E-state index is -2.73. The molecular weight excluding hydrogens is 341 g/mol. The largest absolute Gasteiger partial charge is 0.694 e. The zero-order chi connectivity index (χ0) is 18.9. The van der Waals surface area contributed by atoms with Crippen LogP contribution < -0.4 is 5.73 Å². The van der Waals surface area contributed by atoms with E-state index in [0.29, 0.717) is 6.42 Å². The van der Waals surface area contributed by atoms with Gasteiger partial charge in [0.15, 0.2) is 0 Å². The molecule has 0 aromatic heterocycles. The standard InChI is InChI=1S/C18H38NO5P/c1-2-3-4-5-6-7-8-9-10-11-12-13-14-17(20)18(21)16(19)15-24-25(22)23/h16-18,20-21H,2-15,19H2,1H3/p+1/t16?,17?,18-/m0/s1. The number of nitrogens with two attached hydrogens (primary N) is 1. The fourth-order valence-electron chi connectivity index (χ4n) is 2.90. The SMILES string of the molecule is CCCCCCCCCCCCCCC(O)[C@@H](O)C(N)CO[P+](=O)O. The van der Waals surface area contributed by atoms with Gasteiger partial charge in [-0.15, -0.1) is 9.42 Å². The van der Waals surface area contributed by atoms with Crippen molar-refractivity contribution in [2.45, 2.75) is 109 Å². The second-order valence-corrected chi connectivity index (χ2v) is 7.67. The van der Waals surface area contributed by atoms with Gasteiger partial charge in [-0.25, -0.2) is 0 Å². The third-order valence-corrected chi connectivity index (χ3v) is 4.93. The summed E-state index contributed by atoms with van der Waals surface area (Å²) in [6.45, 7) is 1.99. The van der Waals surface area contributed by atoms with Crippen LogP contribution in [-0.2, 0) is 9.09 Å². The first-order chi connectivity index (χ1) is 12.0. The summed E-state index contributed by atoms with van der Waals surface area (Å²) in [6, 6.07) is -0.863. The van der Waals surface area contributed by atoms with Gasteiger partial charge in [0.2, 0.25) is 0 Å². The molecule has 0 radical (unpaired) electrons. The lowest BCUT2D eigenvalue weighted by Gasteiger charge is -2.22. The number of hydrogen-bond acceptors (Lipinski definition) is 5. The predicted octanol–water partition coefficient (Wildman–Crippen LogP) is 3.79. The maximum absolute atomic E-state index is 10.4. The Labute approximate surface area is 154 Å². The van der Waals surface area contributed by atoms with E-state index in [-0.39, 0.29) is 6.61 Å². The number of rotatable bonds is 18. The fraction of sp³-hybridized carbons (Fsp3) is 1.00. The van der Waals surface area contributed by atoms with Crippen molar-refractivity contribution in [3.8, 4) is 0 Å². The molecule has 0 saturated carbocycles. The summed E-state index contributed by atoms with van der Waals surface area (Å²) in [5, 5.41) is 19.7. The highest BCUT2D eigenvalue weighted by Crippen LogP contribution is 2.17. The molecule has 7 heteroatoms. The number of aliphatic hydroxyl groups is 2. The molecule has 0 fully saturated rings. The van der Waals surface area contributed by atoms with Crippen LogP contribution >= 0.6 is 8.25 Å². The lowest BCUT2D eigenvalue weighted by molar-refractivity contribution is -0.0101. The van der Waals surface area contributed by atoms with Gasteiger partial charge in [-0.05, 0) is 6.42 Å². The van der Waals surface area contributed by atoms with Crippen molar-refractivity contribution < 1.29 is 24.2 Å². The van der Waals surface area contributed by atoms with Crippen LogP contribution in [0.15, 0.2) is 0 Å². The Hall–Kier alpha value is -0.100. The van der Waals surface area contributed by atoms with Crippen molar-refractivity contribution in [2.75, 3.05) is 6.61 Å². The van der Waals surface area contributed by atoms with Gasteiger partial charge in [-0.1, -0.05) is 84.0 Å². The molecule has 0 saturated heterocycles. The van der Waals surface area contributed by atoms with Gasteiger partial charge >= 0.3 is 8.25 Å². The van der Waals surface area contributed by atoms with Gasteiger partial charge < -0.3 is 15.9 Å². The molecule has 5 N–H and O–H groups in total. The van der Waals surface area contributed by atoms with Crippen LogP contribution in [-0.4, -0.2) is 40.0 Å². The third kappa shape index (κ3) is 15.8. The van der Waals surface area contributed by atoms with Crippen LogP contribution in [0, 0.1) is 0 Å². The molecule has 0 aromatic rings. The van der Waals surface area contributed by atoms with E-state index in [1.165, 1.54) is 57.8 Å². The molecule has 25 heavy (non-hydrogen) atoms. The van der Waals surface area contributed by atoms with E-state index in [9.17, 15) is 14.8 Å². The number of unbranched alkanes of at least 4 members (excludes halogenated alkanes) is 11. The molecule has 0 rings (SSSR count). The van der Waals surface area contributed by atoms with E-state index in [2.05, 4.69) is 11.4 Å². The molecule has 3 unspecified atom stereocenters. The van der Waals surface area contributed by atoms with Gasteiger partial charge in [-0.3, -0.25) is 0 Å². The van der Waals surface area contributed by atoms with Crippen LogP contribution in [0.1, 0.15) is 90.4 Å². The average Bonchev–Trinajstić information content (AvgIpc) is 2.59. The first-order valence-electron chi connectivity index (χ1n) is 9.89. The first kappa shape index (κ1) is 24.9. The summed E-state index contributed by atoms with van der Waals surface area (Å²) < 4.78 is 14.9. The molecule has 150 valence electrons. The molecule has 0 spiro atoms. The van der Waals surface area contributed by atoms with Gasteiger partial charge in [0.1, 0.15) is 6.61 Å². The second-order valence-electron chi connectivity index (χ2n) is 6.93. The number of hydrogen-bond donors (Lipinski definition) is 4. The van der Waals surface area contributed by atoms with Crippen LogP contribution in [0.3, 0.4) is 0 Å². The summed E-state index contributed by atoms with van der Waals surface area (Å²) in [7, 11) is -2.73. The molecule has 6 nitrogen and oxygen atoms in total. The molecular formula is C18H39NO5P+. The molecule has 0 aliphatic heterocycles. The molecule has 4 atom stereocenters. The minimum Gasteiger partial charge on any atom is -0.390 e. The third-order valence-electron chi connectivity index (χ3n) is 4.56. The minimum absolute atomic E-state index is 0.248. The first-order valence-corrected chi connectivity index (χ1v) is 11.0. The maximum Gasteiger partial charge on any atom is 0.694 e. The van der Waals surface area contributed by atoms with Crippen molar-refractivity contribution >= 4 is 8.25 Å². The Morgan fingerprint density at radius 2 is 1.32 bits per heavy atom. The smallest absolute Gasteiger partial charge is 0.390 e. The van der Waals surface area contributed by atoms with Crippen LogP contribution in [0.25, 0.3) is 0 Å². The highest BCUT2D eigenvalue weighted by atomic mass is 31.1. The van der Waals surface area contributed by atoms with Gasteiger partial charge in [0.25, 0.3) is 0 Å². The van der Waals surface area contributed by atoms with Crippen LogP contribution in [0.5, 0.6) is 0 Å². The highest BCUT2D eigenvalue weighted by molar-refractivity contribution is 7.32. The molecule has 0 aliphatic rings. The lowest BCUT2D eigenvalue weighted by Crippen LogP contribution is -2.45. The molecule has 0 heterocycles. The average molecular weight is 380 g/mol. The summed E-state index contributed by atoms with van der Waals surface area (Å²) in [5.74, 6) is 0.